The number of aromatic nitrogens is 1. The first-order chi connectivity index (χ1) is 10.2. The Bertz CT molecular complexity index is 812. The van der Waals surface area contributed by atoms with E-state index in [2.05, 4.69) is 47.1 Å². The van der Waals surface area contributed by atoms with Crippen molar-refractivity contribution in [2.45, 2.75) is 13.5 Å². The first-order valence-corrected chi connectivity index (χ1v) is 6.78. The second kappa shape index (κ2) is 5.32. The quantitative estimate of drug-likeness (QED) is 0.406. The number of nitrogens with zero attached hydrogens (tertiary/aromatic N) is 2. The lowest BCUT2D eigenvalue weighted by Crippen LogP contribution is -1.98. The first kappa shape index (κ1) is 13.2. The molecule has 4 heteroatoms. The lowest BCUT2D eigenvalue weighted by Gasteiger charge is -2.07. The van der Waals surface area contributed by atoms with Crippen LogP contribution < -0.4 is 0 Å². The highest BCUT2D eigenvalue weighted by molar-refractivity contribution is 5.99. The maximum Gasteiger partial charge on any atom is 0.173 e. The van der Waals surface area contributed by atoms with Crippen molar-refractivity contribution in [3.05, 3.63) is 71.4 Å². The predicted octanol–water partition coefficient (Wildman–Crippen LogP) is 4.35. The Hall–Kier alpha value is -2.75. The molecule has 0 saturated carbocycles. The van der Waals surface area contributed by atoms with Gasteiger partial charge in [0.25, 0.3) is 0 Å². The van der Waals surface area contributed by atoms with Crippen molar-refractivity contribution in [1.29, 1.82) is 10.9 Å². The van der Waals surface area contributed by atoms with E-state index in [0.717, 1.165) is 17.4 Å². The number of aryl methyl sites for hydroxylation is 1. The molecule has 0 fully saturated rings. The molecule has 1 heterocycles. The van der Waals surface area contributed by atoms with Crippen LogP contribution in [0.5, 0.6) is 0 Å². The van der Waals surface area contributed by atoms with Crippen LogP contribution in [-0.4, -0.2) is 10.4 Å². The fourth-order valence-electron chi connectivity index (χ4n) is 2.44. The van der Waals surface area contributed by atoms with Crippen molar-refractivity contribution in [3.63, 3.8) is 0 Å². The highest BCUT2D eigenvalue weighted by Gasteiger charge is 2.05. The van der Waals surface area contributed by atoms with Crippen LogP contribution in [0.4, 0.5) is 0 Å². The number of nitrogens with one attached hydrogen (secondary N) is 2. The van der Waals surface area contributed by atoms with E-state index < -0.39 is 0 Å². The Balaban J connectivity index is 1.95. The average Bonchev–Trinajstić information content (AvgIpc) is 2.91. The molecule has 3 aromatic rings. The second-order valence-corrected chi connectivity index (χ2v) is 5.16. The molecule has 0 aliphatic rings. The molecular weight excluding hydrogens is 260 g/mol. The van der Waals surface area contributed by atoms with Crippen LogP contribution in [0.25, 0.3) is 10.9 Å². The first-order valence-electron chi connectivity index (χ1n) is 6.78. The van der Waals surface area contributed by atoms with Crippen LogP contribution in [-0.2, 0) is 6.54 Å². The molecule has 0 saturated heterocycles. The fraction of sp³-hybridized carbons (Fsp3) is 0.118. The van der Waals surface area contributed by atoms with Gasteiger partial charge in [-0.05, 0) is 36.8 Å². The normalized spacial score (nSPS) is 10.7. The van der Waals surface area contributed by atoms with Gasteiger partial charge < -0.3 is 4.57 Å². The summed E-state index contributed by atoms with van der Waals surface area (Å²) in [6.45, 7) is 2.91. The smallest absolute Gasteiger partial charge is 0.173 e. The van der Waals surface area contributed by atoms with Gasteiger partial charge in [0.1, 0.15) is 0 Å². The van der Waals surface area contributed by atoms with Gasteiger partial charge in [-0.15, -0.1) is 5.11 Å². The van der Waals surface area contributed by atoms with E-state index in [1.54, 1.807) is 0 Å². The molecule has 1 aromatic heterocycles. The van der Waals surface area contributed by atoms with Gasteiger partial charge in [0.15, 0.2) is 5.84 Å². The van der Waals surface area contributed by atoms with Crippen LogP contribution in [0.15, 0.2) is 59.8 Å². The standard InChI is InChI=1S/C17H16N4/c1-12-2-4-13(5-3-12)11-21-9-8-14-10-15(17(18)20-19)6-7-16(14)21/h2-10,18-19H,11H2,1H3. The molecule has 104 valence electrons. The van der Waals surface area contributed by atoms with E-state index in [-0.39, 0.29) is 5.84 Å². The molecule has 21 heavy (non-hydrogen) atoms. The zero-order valence-electron chi connectivity index (χ0n) is 11.8. The van der Waals surface area contributed by atoms with Gasteiger partial charge in [-0.1, -0.05) is 29.8 Å². The van der Waals surface area contributed by atoms with Crippen molar-refractivity contribution in [2.75, 3.05) is 0 Å². The topological polar surface area (TPSA) is 65.0 Å². The number of amidine groups is 1. The SMILES string of the molecule is Cc1ccc(Cn2ccc3cc(C(=N)N=N)ccc32)cc1. The van der Waals surface area contributed by atoms with Crippen LogP contribution in [0.3, 0.4) is 0 Å². The molecule has 4 nitrogen and oxygen atoms in total. The van der Waals surface area contributed by atoms with Gasteiger partial charge in [0.2, 0.25) is 0 Å². The number of benzene rings is 2. The summed E-state index contributed by atoms with van der Waals surface area (Å²) in [5.74, 6) is -0.0109. The van der Waals surface area contributed by atoms with Crippen LogP contribution in [0.1, 0.15) is 16.7 Å². The molecule has 3 rings (SSSR count). The molecule has 0 aliphatic carbocycles. The van der Waals surface area contributed by atoms with E-state index in [4.69, 9.17) is 10.9 Å². The minimum Gasteiger partial charge on any atom is -0.343 e. The number of hydrogen-bond acceptors (Lipinski definition) is 2. The third-order valence-corrected chi connectivity index (χ3v) is 3.63. The maximum absolute atomic E-state index is 7.60. The van der Waals surface area contributed by atoms with Gasteiger partial charge in [0.05, 0.1) is 0 Å². The summed E-state index contributed by atoms with van der Waals surface area (Å²) in [6.07, 6.45) is 2.05. The Kier molecular flexibility index (Phi) is 3.36. The van der Waals surface area contributed by atoms with Crippen LogP contribution >= 0.6 is 0 Å². The molecule has 2 N–H and O–H groups in total. The van der Waals surface area contributed by atoms with E-state index in [9.17, 15) is 0 Å². The highest BCUT2D eigenvalue weighted by atomic mass is 15.0. The van der Waals surface area contributed by atoms with Crippen molar-refractivity contribution in [3.8, 4) is 0 Å². The summed E-state index contributed by atoms with van der Waals surface area (Å²) in [7, 11) is 0. The Morgan fingerprint density at radius 3 is 2.57 bits per heavy atom. The fourth-order valence-corrected chi connectivity index (χ4v) is 2.44. The Labute approximate surface area is 123 Å². The number of hydrogen-bond donors (Lipinski definition) is 2. The van der Waals surface area contributed by atoms with Gasteiger partial charge in [0, 0.05) is 29.2 Å². The number of rotatable bonds is 3. The largest absolute Gasteiger partial charge is 0.343 e. The minimum absolute atomic E-state index is 0.0109. The predicted molar refractivity (Wildman–Crippen MR) is 84.2 cm³/mol. The Morgan fingerprint density at radius 2 is 1.86 bits per heavy atom. The van der Waals surface area contributed by atoms with Gasteiger partial charge in [-0.2, -0.15) is 0 Å². The van der Waals surface area contributed by atoms with Crippen molar-refractivity contribution in [2.24, 2.45) is 5.11 Å². The van der Waals surface area contributed by atoms with Gasteiger partial charge >= 0.3 is 0 Å². The van der Waals surface area contributed by atoms with Gasteiger partial charge in [-0.3, -0.25) is 5.41 Å². The summed E-state index contributed by atoms with van der Waals surface area (Å²) >= 11 is 0. The van der Waals surface area contributed by atoms with E-state index >= 15 is 0 Å². The maximum atomic E-state index is 7.60. The monoisotopic (exact) mass is 276 g/mol. The molecule has 0 spiro atoms. The molecule has 0 bridgehead atoms. The minimum atomic E-state index is -0.0109. The molecule has 0 amide bonds. The van der Waals surface area contributed by atoms with Crippen molar-refractivity contribution < 1.29 is 0 Å². The Morgan fingerprint density at radius 1 is 1.10 bits per heavy atom. The third kappa shape index (κ3) is 2.60. The summed E-state index contributed by atoms with van der Waals surface area (Å²) in [6, 6.07) is 16.3. The zero-order chi connectivity index (χ0) is 14.8. The van der Waals surface area contributed by atoms with E-state index in [0.29, 0.717) is 5.56 Å². The highest BCUT2D eigenvalue weighted by Crippen LogP contribution is 2.19. The second-order valence-electron chi connectivity index (χ2n) is 5.16. The van der Waals surface area contributed by atoms with E-state index in [1.807, 2.05) is 24.3 Å². The van der Waals surface area contributed by atoms with Crippen molar-refractivity contribution in [1.82, 2.24) is 4.57 Å². The lowest BCUT2D eigenvalue weighted by molar-refractivity contribution is 0.836. The van der Waals surface area contributed by atoms with E-state index in [1.165, 1.54) is 11.1 Å². The summed E-state index contributed by atoms with van der Waals surface area (Å²) in [4.78, 5) is 0. The molecule has 0 unspecified atom stereocenters. The molecular formula is C17H16N4. The molecule has 0 radical (unpaired) electrons. The molecule has 0 atom stereocenters. The average molecular weight is 276 g/mol. The summed E-state index contributed by atoms with van der Waals surface area (Å²) in [5.41, 5.74) is 11.2. The van der Waals surface area contributed by atoms with Crippen LogP contribution in [0, 0.1) is 17.9 Å². The van der Waals surface area contributed by atoms with Crippen LogP contribution in [0.2, 0.25) is 0 Å². The van der Waals surface area contributed by atoms with Gasteiger partial charge in [-0.25, -0.2) is 5.53 Å². The lowest BCUT2D eigenvalue weighted by atomic mass is 10.1. The molecule has 0 aliphatic heterocycles. The third-order valence-electron chi connectivity index (χ3n) is 3.63. The number of fused-ring (bicyclic) bond motifs is 1. The summed E-state index contributed by atoms with van der Waals surface area (Å²) in [5, 5.41) is 11.8. The van der Waals surface area contributed by atoms with Crippen molar-refractivity contribution >= 4 is 16.7 Å². The summed E-state index contributed by atoms with van der Waals surface area (Å²) < 4.78 is 2.19. The molecule has 2 aromatic carbocycles. The zero-order valence-corrected chi connectivity index (χ0v) is 11.8.